The Hall–Kier alpha value is 0.455. The predicted molar refractivity (Wildman–Crippen MR) is 82.4 cm³/mol. The predicted octanol–water partition coefficient (Wildman–Crippen LogP) is 4.56. The zero-order valence-corrected chi connectivity index (χ0v) is 13.3. The molecular weight excluding hydrogens is 278 g/mol. The van der Waals surface area contributed by atoms with Gasteiger partial charge in [-0.15, -0.1) is 0 Å². The van der Waals surface area contributed by atoms with E-state index in [9.17, 15) is 0 Å². The molecule has 3 heteroatoms. The van der Waals surface area contributed by atoms with Gasteiger partial charge in [0.25, 0.3) is 0 Å². The molecule has 0 amide bonds. The SMILES string of the molecule is CP(C(C)(C)C)C1(CCBr)C=CCC=C1.[B]. The van der Waals surface area contributed by atoms with E-state index in [0.29, 0.717) is 10.3 Å². The van der Waals surface area contributed by atoms with Crippen molar-refractivity contribution in [3.8, 4) is 0 Å². The Morgan fingerprint density at radius 1 is 1.25 bits per heavy atom. The van der Waals surface area contributed by atoms with Gasteiger partial charge in [-0.25, -0.2) is 0 Å². The number of hydrogen-bond acceptors (Lipinski definition) is 0. The molecule has 0 saturated heterocycles. The van der Waals surface area contributed by atoms with Crippen molar-refractivity contribution in [3.63, 3.8) is 0 Å². The first-order valence-electron chi connectivity index (χ1n) is 5.58. The van der Waals surface area contributed by atoms with Gasteiger partial charge < -0.3 is 0 Å². The summed E-state index contributed by atoms with van der Waals surface area (Å²) in [7, 11) is -0.0335. The summed E-state index contributed by atoms with van der Waals surface area (Å²) in [5, 5.41) is 1.84. The molecule has 1 unspecified atom stereocenters. The second-order valence-corrected chi connectivity index (χ2v) is 9.29. The summed E-state index contributed by atoms with van der Waals surface area (Å²) in [5.74, 6) is 0. The minimum Gasteiger partial charge on any atom is -0.0927 e. The van der Waals surface area contributed by atoms with E-state index in [-0.39, 0.29) is 16.3 Å². The largest absolute Gasteiger partial charge is 0.0927 e. The normalized spacial score (nSPS) is 20.3. The minimum atomic E-state index is -0.0335. The molecule has 0 aromatic rings. The van der Waals surface area contributed by atoms with Gasteiger partial charge in [-0.3, -0.25) is 0 Å². The second-order valence-electron chi connectivity index (χ2n) is 5.20. The van der Waals surface area contributed by atoms with Crippen LogP contribution < -0.4 is 0 Å². The van der Waals surface area contributed by atoms with Crippen LogP contribution in [0, 0.1) is 0 Å². The fourth-order valence-corrected chi connectivity index (χ4v) is 5.33. The Labute approximate surface area is 112 Å². The highest BCUT2D eigenvalue weighted by Gasteiger charge is 2.37. The van der Waals surface area contributed by atoms with Crippen LogP contribution in [0.2, 0.25) is 0 Å². The number of rotatable bonds is 3. The summed E-state index contributed by atoms with van der Waals surface area (Å²) >= 11 is 3.60. The fourth-order valence-electron chi connectivity index (χ4n) is 2.01. The summed E-state index contributed by atoms with van der Waals surface area (Å²) in [6, 6.07) is 0. The van der Waals surface area contributed by atoms with Gasteiger partial charge in [0.15, 0.2) is 0 Å². The molecule has 0 aromatic carbocycles. The molecule has 0 bridgehead atoms. The van der Waals surface area contributed by atoms with Crippen LogP contribution in [0.1, 0.15) is 33.6 Å². The highest BCUT2D eigenvalue weighted by molar-refractivity contribution is 9.09. The van der Waals surface area contributed by atoms with Crippen LogP contribution in [0.25, 0.3) is 0 Å². The lowest BCUT2D eigenvalue weighted by molar-refractivity contribution is 0.729. The van der Waals surface area contributed by atoms with E-state index in [1.807, 2.05) is 0 Å². The van der Waals surface area contributed by atoms with Crippen molar-refractivity contribution in [2.75, 3.05) is 12.0 Å². The molecule has 0 spiro atoms. The Bertz CT molecular complexity index is 254. The maximum absolute atomic E-state index is 3.60. The summed E-state index contributed by atoms with van der Waals surface area (Å²) in [5.41, 5.74) is 0. The highest BCUT2D eigenvalue weighted by atomic mass is 79.9. The molecule has 0 aliphatic heterocycles. The summed E-state index contributed by atoms with van der Waals surface area (Å²) < 4.78 is 0. The number of allylic oxidation sites excluding steroid dienone is 4. The van der Waals surface area contributed by atoms with Crippen LogP contribution in [-0.4, -0.2) is 30.7 Å². The van der Waals surface area contributed by atoms with Crippen molar-refractivity contribution in [2.24, 2.45) is 0 Å². The Kier molecular flexibility index (Phi) is 6.59. The summed E-state index contributed by atoms with van der Waals surface area (Å²) in [4.78, 5) is 0. The van der Waals surface area contributed by atoms with Gasteiger partial charge in [-0.2, -0.15) is 0 Å². The second kappa shape index (κ2) is 6.40. The highest BCUT2D eigenvalue weighted by Crippen LogP contribution is 2.60. The molecule has 0 nitrogen and oxygen atoms in total. The quantitative estimate of drug-likeness (QED) is 0.310. The molecule has 1 aliphatic carbocycles. The van der Waals surface area contributed by atoms with Crippen molar-refractivity contribution < 1.29 is 0 Å². The molecule has 0 aromatic heterocycles. The average Bonchev–Trinajstić information content (AvgIpc) is 2.17. The number of alkyl halides is 1. The van der Waals surface area contributed by atoms with E-state index in [0.717, 1.165) is 11.8 Å². The van der Waals surface area contributed by atoms with Crippen LogP contribution in [0.5, 0.6) is 0 Å². The molecule has 1 rings (SSSR count). The molecule has 0 N–H and O–H groups in total. The van der Waals surface area contributed by atoms with Crippen LogP contribution in [0.4, 0.5) is 0 Å². The Morgan fingerprint density at radius 3 is 2.12 bits per heavy atom. The molecular formula is C13H22BBrP. The van der Waals surface area contributed by atoms with E-state index in [2.05, 4.69) is 67.7 Å². The third kappa shape index (κ3) is 3.74. The lowest BCUT2D eigenvalue weighted by Crippen LogP contribution is -2.30. The first kappa shape index (κ1) is 16.5. The fraction of sp³-hybridized carbons (Fsp3) is 0.692. The Balaban J connectivity index is 0.00000225. The molecule has 0 fully saturated rings. The van der Waals surface area contributed by atoms with Crippen molar-refractivity contribution in [2.45, 2.75) is 43.9 Å². The van der Waals surface area contributed by atoms with Gasteiger partial charge in [-0.1, -0.05) is 68.9 Å². The van der Waals surface area contributed by atoms with Gasteiger partial charge in [0.1, 0.15) is 0 Å². The van der Waals surface area contributed by atoms with Gasteiger partial charge in [0, 0.05) is 18.9 Å². The standard InChI is InChI=1S/C13H22BrP.B/c1-12(2,3)15(4)13(10-11-14)8-6-5-7-9-13;/h6-9H,5,10-11H2,1-4H3;. The molecule has 1 atom stereocenters. The number of hydrogen-bond donors (Lipinski definition) is 0. The monoisotopic (exact) mass is 299 g/mol. The van der Waals surface area contributed by atoms with Crippen molar-refractivity contribution in [1.82, 2.24) is 0 Å². The first-order valence-corrected chi connectivity index (χ1v) is 8.49. The molecule has 1 aliphatic rings. The zero-order valence-electron chi connectivity index (χ0n) is 10.8. The van der Waals surface area contributed by atoms with Crippen molar-refractivity contribution in [3.05, 3.63) is 24.3 Å². The van der Waals surface area contributed by atoms with Gasteiger partial charge in [-0.05, 0) is 24.7 Å². The van der Waals surface area contributed by atoms with Gasteiger partial charge >= 0.3 is 0 Å². The van der Waals surface area contributed by atoms with Gasteiger partial charge in [0.2, 0.25) is 0 Å². The van der Waals surface area contributed by atoms with Crippen LogP contribution in [0.15, 0.2) is 24.3 Å². The molecule has 3 radical (unpaired) electrons. The maximum atomic E-state index is 3.60. The maximum Gasteiger partial charge on any atom is 0.0272 e. The van der Waals surface area contributed by atoms with Gasteiger partial charge in [0.05, 0.1) is 0 Å². The first-order chi connectivity index (χ1) is 6.92. The molecule has 89 valence electrons. The molecule has 16 heavy (non-hydrogen) atoms. The van der Waals surface area contributed by atoms with E-state index >= 15 is 0 Å². The topological polar surface area (TPSA) is 0 Å². The third-order valence-electron chi connectivity index (χ3n) is 3.21. The number of halogens is 1. The van der Waals surface area contributed by atoms with Crippen LogP contribution in [-0.2, 0) is 0 Å². The van der Waals surface area contributed by atoms with E-state index in [4.69, 9.17) is 0 Å². The van der Waals surface area contributed by atoms with Crippen LogP contribution >= 0.6 is 23.9 Å². The summed E-state index contributed by atoms with van der Waals surface area (Å²) in [6.45, 7) is 9.54. The summed E-state index contributed by atoms with van der Waals surface area (Å²) in [6.07, 6.45) is 11.9. The lowest BCUT2D eigenvalue weighted by atomic mass is 9.99. The zero-order chi connectivity index (χ0) is 11.5. The Morgan fingerprint density at radius 2 is 1.75 bits per heavy atom. The van der Waals surface area contributed by atoms with E-state index in [1.54, 1.807) is 0 Å². The van der Waals surface area contributed by atoms with Crippen molar-refractivity contribution in [1.29, 1.82) is 0 Å². The van der Waals surface area contributed by atoms with E-state index in [1.165, 1.54) is 6.42 Å². The van der Waals surface area contributed by atoms with Crippen LogP contribution in [0.3, 0.4) is 0 Å². The third-order valence-corrected chi connectivity index (χ3v) is 7.39. The minimum absolute atomic E-state index is 0. The molecule has 0 saturated carbocycles. The lowest BCUT2D eigenvalue weighted by Gasteiger charge is -2.43. The smallest absolute Gasteiger partial charge is 0.0272 e. The van der Waals surface area contributed by atoms with E-state index < -0.39 is 0 Å². The van der Waals surface area contributed by atoms with Crippen molar-refractivity contribution >= 4 is 32.3 Å². The average molecular weight is 300 g/mol. The molecule has 0 heterocycles.